The van der Waals surface area contributed by atoms with Crippen LogP contribution in [-0.4, -0.2) is 91.4 Å². The summed E-state index contributed by atoms with van der Waals surface area (Å²) in [5, 5.41) is 12.5. The van der Waals surface area contributed by atoms with E-state index in [1.165, 1.54) is 11.3 Å². The number of para-hydroxylation sites is 1. The number of nitrogens with zero attached hydrogens (tertiary/aromatic N) is 8. The maximum absolute atomic E-state index is 13.7. The molecule has 5 heterocycles. The van der Waals surface area contributed by atoms with Gasteiger partial charge in [0.2, 0.25) is 0 Å². The van der Waals surface area contributed by atoms with Crippen LogP contribution in [0.25, 0.3) is 26.9 Å². The lowest BCUT2D eigenvalue weighted by atomic mass is 9.94. The van der Waals surface area contributed by atoms with Crippen molar-refractivity contribution >= 4 is 61.2 Å². The molecule has 0 unspecified atom stereocenters. The first-order valence-electron chi connectivity index (χ1n) is 21.5. The van der Waals surface area contributed by atoms with Crippen molar-refractivity contribution in [3.63, 3.8) is 0 Å². The van der Waals surface area contributed by atoms with Crippen LogP contribution in [0.5, 0.6) is 5.75 Å². The molecule has 326 valence electrons. The number of aryl methyl sites for hydroxylation is 1. The predicted molar refractivity (Wildman–Crippen MR) is 250 cm³/mol. The Bertz CT molecular complexity index is 2690. The van der Waals surface area contributed by atoms with E-state index in [4.69, 9.17) is 14.5 Å². The number of rotatable bonds is 16. The van der Waals surface area contributed by atoms with Crippen LogP contribution in [0.1, 0.15) is 85.0 Å². The highest BCUT2D eigenvalue weighted by molar-refractivity contribution is 7.22. The van der Waals surface area contributed by atoms with Crippen LogP contribution in [0.15, 0.2) is 91.4 Å². The van der Waals surface area contributed by atoms with Gasteiger partial charge >= 0.3 is 5.97 Å². The third-order valence-electron chi connectivity index (χ3n) is 11.1. The number of fused-ring (bicyclic) bond motifs is 3. The van der Waals surface area contributed by atoms with Crippen molar-refractivity contribution in [2.45, 2.75) is 78.5 Å². The molecule has 0 saturated carbocycles. The highest BCUT2D eigenvalue weighted by Gasteiger charge is 2.27. The Morgan fingerprint density at radius 2 is 1.78 bits per heavy atom. The average molecular weight is 867 g/mol. The summed E-state index contributed by atoms with van der Waals surface area (Å²) in [6, 6.07) is 25.8. The van der Waals surface area contributed by atoms with E-state index in [-0.39, 0.29) is 11.6 Å². The third kappa shape index (κ3) is 10.3. The van der Waals surface area contributed by atoms with Gasteiger partial charge in [-0.25, -0.2) is 29.4 Å². The number of benzene rings is 3. The fraction of sp³-hybridized carbons (Fsp3) is 0.354. The summed E-state index contributed by atoms with van der Waals surface area (Å²) >= 11 is 1.45. The zero-order valence-corrected chi connectivity index (χ0v) is 37.5. The van der Waals surface area contributed by atoms with E-state index in [1.807, 2.05) is 93.6 Å². The van der Waals surface area contributed by atoms with Gasteiger partial charge in [0.15, 0.2) is 16.5 Å². The smallest absolute Gasteiger partial charge is 0.357 e. The van der Waals surface area contributed by atoms with Gasteiger partial charge < -0.3 is 24.6 Å². The van der Waals surface area contributed by atoms with Gasteiger partial charge in [-0.2, -0.15) is 5.10 Å². The second-order valence-corrected chi connectivity index (χ2v) is 18.1. The van der Waals surface area contributed by atoms with Gasteiger partial charge in [-0.15, -0.1) is 0 Å². The lowest BCUT2D eigenvalue weighted by Crippen LogP contribution is -2.33. The van der Waals surface area contributed by atoms with E-state index >= 15 is 0 Å². The number of hydrogen-bond acceptors (Lipinski definition) is 13. The maximum Gasteiger partial charge on any atom is 0.357 e. The van der Waals surface area contributed by atoms with E-state index in [0.717, 1.165) is 81.1 Å². The van der Waals surface area contributed by atoms with Crippen molar-refractivity contribution in [2.75, 3.05) is 48.8 Å². The zero-order chi connectivity index (χ0) is 44.1. The molecule has 14 nitrogen and oxygen atoms in total. The van der Waals surface area contributed by atoms with Crippen molar-refractivity contribution in [2.24, 2.45) is 0 Å². The minimum Gasteiger partial charge on any atom is -0.494 e. The SMILES string of the molecule is CC(C)N(C)CCCNc1ncnc2c1cnn2-c1ccc(OCCCc2ccc(N3CCc4cccc(C(=O)Nc5nc6ccccc6s5)c4C3)nc2C(=O)OC(C)(C)C)cc1. The molecule has 4 aromatic heterocycles. The van der Waals surface area contributed by atoms with Crippen LogP contribution >= 0.6 is 11.3 Å². The number of pyridine rings is 1. The van der Waals surface area contributed by atoms with Gasteiger partial charge in [-0.1, -0.05) is 41.7 Å². The van der Waals surface area contributed by atoms with Crippen molar-refractivity contribution in [1.82, 2.24) is 34.6 Å². The number of aromatic nitrogens is 6. The summed E-state index contributed by atoms with van der Waals surface area (Å²) in [7, 11) is 2.14. The van der Waals surface area contributed by atoms with Gasteiger partial charge in [0.25, 0.3) is 5.91 Å². The minimum absolute atomic E-state index is 0.205. The Hall–Kier alpha value is -6.45. The van der Waals surface area contributed by atoms with Crippen LogP contribution < -0.4 is 20.3 Å². The van der Waals surface area contributed by atoms with Crippen molar-refractivity contribution in [3.8, 4) is 11.4 Å². The highest BCUT2D eigenvalue weighted by Crippen LogP contribution is 2.31. The number of anilines is 3. The van der Waals surface area contributed by atoms with E-state index in [9.17, 15) is 9.59 Å². The number of hydrogen-bond donors (Lipinski definition) is 2. The predicted octanol–water partition coefficient (Wildman–Crippen LogP) is 8.74. The highest BCUT2D eigenvalue weighted by atomic mass is 32.1. The Kier molecular flexibility index (Phi) is 13.0. The van der Waals surface area contributed by atoms with Gasteiger partial charge in [-0.3, -0.25) is 10.1 Å². The van der Waals surface area contributed by atoms with E-state index in [2.05, 4.69) is 67.4 Å². The molecule has 63 heavy (non-hydrogen) atoms. The fourth-order valence-corrected chi connectivity index (χ4v) is 8.40. The Balaban J connectivity index is 0.906. The Labute approximate surface area is 371 Å². The molecule has 0 spiro atoms. The van der Waals surface area contributed by atoms with Gasteiger partial charge in [0, 0.05) is 31.2 Å². The summed E-state index contributed by atoms with van der Waals surface area (Å²) in [4.78, 5) is 50.3. The quantitative estimate of drug-likeness (QED) is 0.0706. The largest absolute Gasteiger partial charge is 0.494 e. The van der Waals surface area contributed by atoms with Crippen molar-refractivity contribution in [3.05, 3.63) is 119 Å². The van der Waals surface area contributed by atoms with E-state index < -0.39 is 11.6 Å². The number of amides is 1. The second-order valence-electron chi connectivity index (χ2n) is 17.1. The van der Waals surface area contributed by atoms with E-state index in [1.54, 1.807) is 17.2 Å². The molecule has 1 amide bonds. The van der Waals surface area contributed by atoms with Crippen LogP contribution in [0.3, 0.4) is 0 Å². The first-order chi connectivity index (χ1) is 30.4. The number of carbonyl (C=O) groups is 2. The van der Waals surface area contributed by atoms with Crippen molar-refractivity contribution in [1.29, 1.82) is 0 Å². The number of esters is 1. The molecule has 0 radical (unpaired) electrons. The van der Waals surface area contributed by atoms with Gasteiger partial charge in [0.1, 0.15) is 29.3 Å². The topological polar surface area (TPSA) is 153 Å². The molecule has 0 aliphatic carbocycles. The molecule has 1 aliphatic rings. The average Bonchev–Trinajstić information content (AvgIpc) is 3.90. The van der Waals surface area contributed by atoms with Crippen LogP contribution in [0.4, 0.5) is 16.8 Å². The third-order valence-corrected chi connectivity index (χ3v) is 12.0. The number of carbonyl (C=O) groups excluding carboxylic acids is 2. The Morgan fingerprint density at radius 3 is 2.57 bits per heavy atom. The first kappa shape index (κ1) is 43.2. The number of nitrogens with one attached hydrogen (secondary N) is 2. The molecule has 0 saturated heterocycles. The minimum atomic E-state index is -0.698. The van der Waals surface area contributed by atoms with Crippen LogP contribution in [0.2, 0.25) is 0 Å². The van der Waals surface area contributed by atoms with Crippen LogP contribution in [-0.2, 0) is 24.1 Å². The molecular formula is C48H54N10O4S. The monoisotopic (exact) mass is 866 g/mol. The molecular weight excluding hydrogens is 813 g/mol. The van der Waals surface area contributed by atoms with Gasteiger partial charge in [0.05, 0.1) is 34.1 Å². The molecule has 0 bridgehead atoms. The summed E-state index contributed by atoms with van der Waals surface area (Å²) in [5.41, 5.74) is 5.44. The Morgan fingerprint density at radius 1 is 0.952 bits per heavy atom. The summed E-state index contributed by atoms with van der Waals surface area (Å²) in [5.74, 6) is 1.46. The zero-order valence-electron chi connectivity index (χ0n) is 36.7. The summed E-state index contributed by atoms with van der Waals surface area (Å²) in [6.45, 7) is 13.3. The number of ether oxygens (including phenoxy) is 2. The molecule has 2 N–H and O–H groups in total. The molecule has 15 heteroatoms. The molecule has 8 rings (SSSR count). The van der Waals surface area contributed by atoms with Crippen LogP contribution in [0, 0.1) is 0 Å². The fourth-order valence-electron chi connectivity index (χ4n) is 7.54. The lowest BCUT2D eigenvalue weighted by Gasteiger charge is -2.31. The number of thiazole rings is 1. The molecule has 7 aromatic rings. The first-order valence-corrected chi connectivity index (χ1v) is 22.3. The molecule has 0 atom stereocenters. The standard InChI is InChI=1S/C48H54N10O4S/c1-31(2)56(6)25-11-24-49-43-37-28-52-58(44(37)51-30-50-43)34-18-20-35(21-19-34)61-27-10-13-33-17-22-41(54-42(33)46(60)62-48(3,4)5)57-26-23-32-12-9-14-36(38(32)29-57)45(59)55-47-53-39-15-7-8-16-40(39)63-47/h7-9,12,14-22,28,30-31H,10-11,13,23-27,29H2,1-6H3,(H,49,50,51)(H,53,55,59). The normalized spacial score (nSPS) is 12.9. The second kappa shape index (κ2) is 18.9. The van der Waals surface area contributed by atoms with E-state index in [0.29, 0.717) is 55.1 Å². The lowest BCUT2D eigenvalue weighted by molar-refractivity contribution is 0.00613. The molecule has 1 aliphatic heterocycles. The maximum atomic E-state index is 13.7. The molecule has 0 fully saturated rings. The summed E-state index contributed by atoms with van der Waals surface area (Å²) in [6.07, 6.45) is 6.29. The van der Waals surface area contributed by atoms with Crippen molar-refractivity contribution < 1.29 is 19.1 Å². The summed E-state index contributed by atoms with van der Waals surface area (Å²) < 4.78 is 14.8. The van der Waals surface area contributed by atoms with Gasteiger partial charge in [-0.05, 0) is 139 Å². The molecule has 3 aromatic carbocycles.